The van der Waals surface area contributed by atoms with Crippen LogP contribution < -0.4 is 10.9 Å². The van der Waals surface area contributed by atoms with Gasteiger partial charge in [0.1, 0.15) is 24.0 Å². The number of hydrogen-bond donors (Lipinski definition) is 4. The van der Waals surface area contributed by atoms with Crippen LogP contribution in [0.15, 0.2) is 27.4 Å². The maximum atomic E-state index is 12.3. The molecule has 1 aromatic heterocycles. The number of esters is 1. The van der Waals surface area contributed by atoms with E-state index in [0.717, 1.165) is 19.3 Å². The van der Waals surface area contributed by atoms with Crippen molar-refractivity contribution in [1.82, 2.24) is 5.32 Å². The summed E-state index contributed by atoms with van der Waals surface area (Å²) in [6.45, 7) is 2.38. The Morgan fingerprint density at radius 1 is 0.935 bits per heavy atom. The predicted molar refractivity (Wildman–Crippen MR) is 175 cm³/mol. The number of aryl methyl sites for hydroxylation is 1. The van der Waals surface area contributed by atoms with Crippen LogP contribution in [0.3, 0.4) is 0 Å². The Balaban J connectivity index is 1.51. The fraction of sp³-hybridized carbons (Fsp3) is 0.667. The topological polar surface area (TPSA) is 182 Å². The second-order valence-electron chi connectivity index (χ2n) is 11.6. The Morgan fingerprint density at radius 3 is 2.17 bits per heavy atom. The molecule has 0 bridgehead atoms. The number of aromatic hydroxyl groups is 1. The molecule has 12 nitrogen and oxygen atoms in total. The van der Waals surface area contributed by atoms with E-state index >= 15 is 0 Å². The lowest BCUT2D eigenvalue weighted by atomic mass is 10.0. The summed E-state index contributed by atoms with van der Waals surface area (Å²) in [5.74, 6) is -1.04. The van der Waals surface area contributed by atoms with Gasteiger partial charge in [0, 0.05) is 24.4 Å². The van der Waals surface area contributed by atoms with Crippen molar-refractivity contribution < 1.29 is 47.5 Å². The van der Waals surface area contributed by atoms with Gasteiger partial charge in [-0.05, 0) is 31.0 Å². The van der Waals surface area contributed by atoms with Gasteiger partial charge in [0.15, 0.2) is 0 Å². The Labute approximate surface area is 271 Å². The van der Waals surface area contributed by atoms with Gasteiger partial charge in [0.25, 0.3) is 0 Å². The van der Waals surface area contributed by atoms with Crippen LogP contribution in [-0.4, -0.2) is 59.5 Å². The highest BCUT2D eigenvalue weighted by Gasteiger charge is 2.23. The van der Waals surface area contributed by atoms with Crippen LogP contribution in [0.25, 0.3) is 11.0 Å². The van der Waals surface area contributed by atoms with Crippen LogP contribution in [-0.2, 0) is 34.4 Å². The maximum absolute atomic E-state index is 12.3. The first-order chi connectivity index (χ1) is 22.0. The fourth-order valence-electron chi connectivity index (χ4n) is 4.98. The Morgan fingerprint density at radius 2 is 1.54 bits per heavy atom. The van der Waals surface area contributed by atoms with Crippen LogP contribution in [0.1, 0.15) is 108 Å². The number of hydrogen-bond acceptors (Lipinski definition) is 10. The zero-order chi connectivity index (χ0) is 33.8. The van der Waals surface area contributed by atoms with E-state index in [9.17, 15) is 34.1 Å². The molecule has 46 heavy (non-hydrogen) atoms. The minimum absolute atomic E-state index is 0.0564. The lowest BCUT2D eigenvalue weighted by molar-refractivity contribution is -0.147. The molecule has 0 aliphatic carbocycles. The molecule has 4 N–H and O–H groups in total. The second kappa shape index (κ2) is 21.9. The number of phenolic OH excluding ortho intramolecular Hbond substituents is 1. The standard InChI is InChI=1S/C33H52NO11P/c1-3-4-5-6-7-8-9-10-11-12-13-14-15-16-32(38)42-23-27(36)24-44-46(40,41)43-20-19-34-31(37)22-29-25(2)28-18-17-26(35)21-30(28)45-33(29)39/h17-18,21,27,35-36H,3-16,19-20,22-24H2,1-2H3,(H,34,37)(H,40,41). The smallest absolute Gasteiger partial charge is 0.472 e. The van der Waals surface area contributed by atoms with E-state index in [4.69, 9.17) is 18.2 Å². The number of phenols is 1. The zero-order valence-corrected chi connectivity index (χ0v) is 28.2. The first kappa shape index (κ1) is 39.4. The summed E-state index contributed by atoms with van der Waals surface area (Å²) >= 11 is 0. The van der Waals surface area contributed by atoms with Gasteiger partial charge in [-0.2, -0.15) is 0 Å². The van der Waals surface area contributed by atoms with Crippen molar-refractivity contribution in [1.29, 1.82) is 0 Å². The van der Waals surface area contributed by atoms with E-state index in [1.807, 2.05) is 0 Å². The number of carbonyl (C=O) groups excluding carboxylic acids is 2. The van der Waals surface area contributed by atoms with E-state index in [-0.39, 0.29) is 49.5 Å². The molecule has 2 atom stereocenters. The number of carbonyl (C=O) groups is 2. The number of amides is 1. The molecule has 2 aromatic rings. The van der Waals surface area contributed by atoms with E-state index in [2.05, 4.69) is 12.2 Å². The van der Waals surface area contributed by atoms with Crippen LogP contribution in [0.4, 0.5) is 0 Å². The molecule has 0 saturated heterocycles. The van der Waals surface area contributed by atoms with E-state index < -0.39 is 38.0 Å². The van der Waals surface area contributed by atoms with E-state index in [1.165, 1.54) is 69.9 Å². The lowest BCUT2D eigenvalue weighted by Crippen LogP contribution is -2.30. The van der Waals surface area contributed by atoms with Gasteiger partial charge < -0.3 is 29.6 Å². The molecule has 2 rings (SSSR count). The lowest BCUT2D eigenvalue weighted by Gasteiger charge is -2.15. The number of phosphoric ester groups is 1. The number of benzene rings is 1. The molecule has 1 heterocycles. The van der Waals surface area contributed by atoms with Crippen molar-refractivity contribution in [2.75, 3.05) is 26.4 Å². The van der Waals surface area contributed by atoms with Gasteiger partial charge in [-0.15, -0.1) is 0 Å². The Bertz CT molecular complexity index is 1310. The van der Waals surface area contributed by atoms with Gasteiger partial charge in [0.2, 0.25) is 5.91 Å². The zero-order valence-electron chi connectivity index (χ0n) is 27.3. The van der Waals surface area contributed by atoms with Crippen LogP contribution in [0.5, 0.6) is 5.75 Å². The summed E-state index contributed by atoms with van der Waals surface area (Å²) in [5, 5.41) is 22.6. The summed E-state index contributed by atoms with van der Waals surface area (Å²) < 4.78 is 31.9. The van der Waals surface area contributed by atoms with Crippen molar-refractivity contribution in [2.24, 2.45) is 0 Å². The summed E-state index contributed by atoms with van der Waals surface area (Å²) in [4.78, 5) is 46.4. The monoisotopic (exact) mass is 669 g/mol. The molecule has 0 radical (unpaired) electrons. The summed E-state index contributed by atoms with van der Waals surface area (Å²) in [6, 6.07) is 4.34. The van der Waals surface area contributed by atoms with E-state index in [0.29, 0.717) is 17.4 Å². The molecule has 0 fully saturated rings. The SMILES string of the molecule is CCCCCCCCCCCCCCCC(=O)OCC(O)COP(=O)(O)OCCNC(=O)Cc1c(C)c2ccc(O)cc2oc1=O. The van der Waals surface area contributed by atoms with Gasteiger partial charge in [-0.1, -0.05) is 84.0 Å². The van der Waals surface area contributed by atoms with Gasteiger partial charge in [-0.3, -0.25) is 18.6 Å². The molecule has 0 aliphatic rings. The molecule has 1 amide bonds. The second-order valence-corrected chi connectivity index (χ2v) is 13.1. The Hall–Kier alpha value is -2.76. The molecule has 13 heteroatoms. The van der Waals surface area contributed by atoms with Gasteiger partial charge in [-0.25, -0.2) is 9.36 Å². The third-order valence-electron chi connectivity index (χ3n) is 7.64. The minimum Gasteiger partial charge on any atom is -0.508 e. The average molecular weight is 670 g/mol. The Kier molecular flexibility index (Phi) is 18.8. The fourth-order valence-corrected chi connectivity index (χ4v) is 5.73. The molecule has 2 unspecified atom stereocenters. The highest BCUT2D eigenvalue weighted by molar-refractivity contribution is 7.47. The molecular formula is C33H52NO11P. The number of aliphatic hydroxyl groups excluding tert-OH is 1. The van der Waals surface area contributed by atoms with Gasteiger partial charge in [0.05, 0.1) is 25.2 Å². The number of aliphatic hydroxyl groups is 1. The first-order valence-corrected chi connectivity index (χ1v) is 18.0. The summed E-state index contributed by atoms with van der Waals surface area (Å²) in [7, 11) is -4.55. The van der Waals surface area contributed by atoms with Crippen molar-refractivity contribution >= 4 is 30.7 Å². The number of fused-ring (bicyclic) bond motifs is 1. The highest BCUT2D eigenvalue weighted by Crippen LogP contribution is 2.42. The number of rotatable bonds is 25. The van der Waals surface area contributed by atoms with E-state index in [1.54, 1.807) is 13.0 Å². The molecule has 0 spiro atoms. The molecule has 1 aromatic carbocycles. The number of phosphoric acid groups is 1. The molecule has 0 saturated carbocycles. The van der Waals surface area contributed by atoms with Crippen LogP contribution >= 0.6 is 7.82 Å². The molecule has 0 aliphatic heterocycles. The average Bonchev–Trinajstić information content (AvgIpc) is 3.01. The van der Waals surface area contributed by atoms with Crippen molar-refractivity contribution in [2.45, 2.75) is 116 Å². The van der Waals surface area contributed by atoms with Crippen LogP contribution in [0, 0.1) is 6.92 Å². The maximum Gasteiger partial charge on any atom is 0.472 e. The summed E-state index contributed by atoms with van der Waals surface area (Å²) in [5.41, 5.74) is 0.174. The third kappa shape index (κ3) is 16.2. The largest absolute Gasteiger partial charge is 0.508 e. The number of unbranched alkanes of at least 4 members (excludes halogenated alkanes) is 12. The van der Waals surface area contributed by atoms with Crippen molar-refractivity contribution in [3.05, 3.63) is 39.7 Å². The number of nitrogens with one attached hydrogen (secondary N) is 1. The molecular weight excluding hydrogens is 617 g/mol. The summed E-state index contributed by atoms with van der Waals surface area (Å²) in [6.07, 6.45) is 14.3. The van der Waals surface area contributed by atoms with Crippen molar-refractivity contribution in [3.63, 3.8) is 0 Å². The van der Waals surface area contributed by atoms with Crippen LogP contribution in [0.2, 0.25) is 0 Å². The highest BCUT2D eigenvalue weighted by atomic mass is 31.2. The third-order valence-corrected chi connectivity index (χ3v) is 8.62. The first-order valence-electron chi connectivity index (χ1n) is 16.5. The molecule has 260 valence electrons. The van der Waals surface area contributed by atoms with Crippen molar-refractivity contribution in [3.8, 4) is 5.75 Å². The quantitative estimate of drug-likeness (QED) is 0.0422. The normalized spacial score (nSPS) is 13.4. The minimum atomic E-state index is -4.55. The predicted octanol–water partition coefficient (Wildman–Crippen LogP) is 5.98. The number of ether oxygens (including phenoxy) is 1. The van der Waals surface area contributed by atoms with Gasteiger partial charge >= 0.3 is 19.4 Å².